The van der Waals surface area contributed by atoms with Gasteiger partial charge in [-0.05, 0) is 104 Å². The van der Waals surface area contributed by atoms with Gasteiger partial charge in [0.2, 0.25) is 0 Å². The molecule has 0 spiro atoms. The lowest BCUT2D eigenvalue weighted by molar-refractivity contribution is -0.137. The van der Waals surface area contributed by atoms with Crippen LogP contribution in [-0.2, 0) is 27.8 Å². The van der Waals surface area contributed by atoms with Crippen LogP contribution >= 0.6 is 0 Å². The number of hydrogen-bond donors (Lipinski definition) is 0. The predicted octanol–water partition coefficient (Wildman–Crippen LogP) is 15.5. The van der Waals surface area contributed by atoms with E-state index < -0.39 is 11.7 Å². The summed E-state index contributed by atoms with van der Waals surface area (Å²) in [6.07, 6.45) is -4.64. The summed E-state index contributed by atoms with van der Waals surface area (Å²) < 4.78 is 46.7. The Balaban J connectivity index is 1.62. The minimum Gasteiger partial charge on any atom is -0.308 e. The molecule has 8 rings (SSSR count). The number of benzene rings is 6. The van der Waals surface area contributed by atoms with Gasteiger partial charge in [-0.15, -0.1) is 0 Å². The van der Waals surface area contributed by atoms with Gasteiger partial charge in [-0.1, -0.05) is 138 Å². The number of nitrogens with zero attached hydrogens (tertiary/aromatic N) is 4. The van der Waals surface area contributed by atoms with Crippen molar-refractivity contribution in [1.82, 2.24) is 9.13 Å². The number of alkyl halides is 3. The summed E-state index contributed by atoms with van der Waals surface area (Å²) in [5, 5.41) is 26.2. The van der Waals surface area contributed by atoms with Crippen LogP contribution in [0.2, 0.25) is 0 Å². The Hall–Kier alpha value is -6.31. The minimum absolute atomic E-state index is 0.110. The standard InChI is InChI=1S/C55H53F3N4/c1-51(2,3)34-13-19-40-41-20-14-35(52(4,5)6)27-48(41)61(47(40)26-34)45-24-32(39-18-17-38(55(56,57)58)23-33(39)30-59)25-46(44(45)31-60)62-49-28-36(53(7,8)9)15-21-42(49)43-22-16-37(29-50(43)62)54(10,11)12/h13-29H,1-12H3. The molecule has 2 heterocycles. The van der Waals surface area contributed by atoms with Gasteiger partial charge in [0.15, 0.2) is 0 Å². The van der Waals surface area contributed by atoms with Crippen LogP contribution in [0.25, 0.3) is 66.1 Å². The third-order valence-corrected chi connectivity index (χ3v) is 12.5. The fraction of sp³-hybridized carbons (Fsp3) is 0.309. The first-order chi connectivity index (χ1) is 28.8. The van der Waals surface area contributed by atoms with Crippen molar-refractivity contribution in [3.05, 3.63) is 142 Å². The molecule has 7 heteroatoms. The molecule has 0 radical (unpaired) electrons. The summed E-state index contributed by atoms with van der Waals surface area (Å²) in [7, 11) is 0. The largest absolute Gasteiger partial charge is 0.416 e. The number of halogens is 3. The zero-order valence-electron chi connectivity index (χ0n) is 37.7. The fourth-order valence-electron chi connectivity index (χ4n) is 8.72. The second kappa shape index (κ2) is 14.1. The molecule has 0 aliphatic heterocycles. The predicted molar refractivity (Wildman–Crippen MR) is 250 cm³/mol. The number of hydrogen-bond acceptors (Lipinski definition) is 2. The van der Waals surface area contributed by atoms with Gasteiger partial charge in [-0.2, -0.15) is 23.7 Å². The van der Waals surface area contributed by atoms with E-state index in [-0.39, 0.29) is 27.2 Å². The van der Waals surface area contributed by atoms with Gasteiger partial charge in [0.1, 0.15) is 11.6 Å². The van der Waals surface area contributed by atoms with Crippen LogP contribution in [0.1, 0.15) is 122 Å². The molecule has 0 N–H and O–H groups in total. The van der Waals surface area contributed by atoms with E-state index in [1.165, 1.54) is 6.07 Å². The van der Waals surface area contributed by atoms with Gasteiger partial charge in [0.25, 0.3) is 0 Å². The molecular weight excluding hydrogens is 774 g/mol. The van der Waals surface area contributed by atoms with E-state index in [1.54, 1.807) is 0 Å². The monoisotopic (exact) mass is 826 g/mol. The lowest BCUT2D eigenvalue weighted by atomic mass is 9.86. The second-order valence-electron chi connectivity index (χ2n) is 21.0. The summed E-state index contributed by atoms with van der Waals surface area (Å²) in [5.41, 5.74) is 8.63. The zero-order valence-corrected chi connectivity index (χ0v) is 37.7. The molecule has 0 amide bonds. The van der Waals surface area contributed by atoms with E-state index in [9.17, 15) is 23.7 Å². The molecule has 314 valence electrons. The van der Waals surface area contributed by atoms with Crippen LogP contribution in [0.4, 0.5) is 13.2 Å². The molecule has 0 atom stereocenters. The van der Waals surface area contributed by atoms with Gasteiger partial charge >= 0.3 is 6.18 Å². The molecule has 0 saturated carbocycles. The van der Waals surface area contributed by atoms with Crippen LogP contribution in [0.5, 0.6) is 0 Å². The Labute approximate surface area is 362 Å². The van der Waals surface area contributed by atoms with Crippen molar-refractivity contribution >= 4 is 43.6 Å². The van der Waals surface area contributed by atoms with Gasteiger partial charge in [0, 0.05) is 21.5 Å². The van der Waals surface area contributed by atoms with E-state index in [0.29, 0.717) is 28.1 Å². The number of aromatic nitrogens is 2. The molecule has 0 fully saturated rings. The summed E-state index contributed by atoms with van der Waals surface area (Å²) in [4.78, 5) is 0. The third kappa shape index (κ3) is 7.12. The highest BCUT2D eigenvalue weighted by atomic mass is 19.4. The summed E-state index contributed by atoms with van der Waals surface area (Å²) in [6.45, 7) is 26.1. The first-order valence-corrected chi connectivity index (χ1v) is 21.2. The molecule has 0 bridgehead atoms. The Morgan fingerprint density at radius 1 is 0.403 bits per heavy atom. The Morgan fingerprint density at radius 2 is 0.726 bits per heavy atom. The summed E-state index contributed by atoms with van der Waals surface area (Å²) in [6, 6.07) is 37.9. The Morgan fingerprint density at radius 3 is 1.00 bits per heavy atom. The average molecular weight is 827 g/mol. The highest BCUT2D eigenvalue weighted by Gasteiger charge is 2.32. The van der Waals surface area contributed by atoms with Gasteiger partial charge in [-0.3, -0.25) is 0 Å². The normalized spacial score (nSPS) is 13.0. The molecule has 0 unspecified atom stereocenters. The van der Waals surface area contributed by atoms with Crippen molar-refractivity contribution in [3.8, 4) is 34.6 Å². The summed E-state index contributed by atoms with van der Waals surface area (Å²) >= 11 is 0. The lowest BCUT2D eigenvalue weighted by Crippen LogP contribution is -2.12. The van der Waals surface area contributed by atoms with E-state index in [1.807, 2.05) is 12.1 Å². The van der Waals surface area contributed by atoms with Gasteiger partial charge in [-0.25, -0.2) is 0 Å². The summed E-state index contributed by atoms with van der Waals surface area (Å²) in [5.74, 6) is 0. The molecule has 0 aliphatic carbocycles. The molecular formula is C55H53F3N4. The maximum absolute atomic E-state index is 14.1. The number of nitriles is 2. The topological polar surface area (TPSA) is 57.4 Å². The van der Waals surface area contributed by atoms with Crippen LogP contribution < -0.4 is 0 Å². The second-order valence-corrected chi connectivity index (χ2v) is 21.0. The first kappa shape index (κ1) is 42.4. The SMILES string of the molecule is CC(C)(C)c1ccc2c3ccc(C(C)(C)C)cc3n(-c3cc(-c4ccc(C(F)(F)F)cc4C#N)cc(-n4c5cc(C(C)(C)C)ccc5c5ccc(C(C)(C)C)cc54)c3C#N)c2c1. The maximum atomic E-state index is 14.1. The van der Waals surface area contributed by atoms with Crippen molar-refractivity contribution in [2.45, 2.75) is 111 Å². The van der Waals surface area contributed by atoms with Crippen molar-refractivity contribution in [2.75, 3.05) is 0 Å². The Kier molecular flexibility index (Phi) is 9.65. The molecule has 62 heavy (non-hydrogen) atoms. The highest BCUT2D eigenvalue weighted by Crippen LogP contribution is 2.44. The van der Waals surface area contributed by atoms with Crippen LogP contribution in [0, 0.1) is 22.7 Å². The maximum Gasteiger partial charge on any atom is 0.416 e. The first-order valence-electron chi connectivity index (χ1n) is 21.2. The van der Waals surface area contributed by atoms with Gasteiger partial charge in [0.05, 0.1) is 50.6 Å². The van der Waals surface area contributed by atoms with Crippen molar-refractivity contribution in [1.29, 1.82) is 10.5 Å². The fourth-order valence-corrected chi connectivity index (χ4v) is 8.72. The zero-order chi connectivity index (χ0) is 45.1. The Bertz CT molecular complexity index is 2910. The molecule has 4 nitrogen and oxygen atoms in total. The molecule has 6 aromatic carbocycles. The number of rotatable bonds is 3. The smallest absolute Gasteiger partial charge is 0.308 e. The number of fused-ring (bicyclic) bond motifs is 6. The van der Waals surface area contributed by atoms with E-state index in [2.05, 4.69) is 177 Å². The minimum atomic E-state index is -4.64. The lowest BCUT2D eigenvalue weighted by Gasteiger charge is -2.23. The van der Waals surface area contributed by atoms with Crippen molar-refractivity contribution < 1.29 is 13.2 Å². The van der Waals surface area contributed by atoms with E-state index in [4.69, 9.17) is 0 Å². The van der Waals surface area contributed by atoms with E-state index in [0.717, 1.165) is 78.0 Å². The third-order valence-electron chi connectivity index (χ3n) is 12.5. The van der Waals surface area contributed by atoms with Crippen LogP contribution in [0.3, 0.4) is 0 Å². The molecule has 0 aliphatic rings. The van der Waals surface area contributed by atoms with E-state index >= 15 is 0 Å². The molecule has 0 saturated heterocycles. The molecule has 8 aromatic rings. The van der Waals surface area contributed by atoms with Crippen molar-refractivity contribution in [3.63, 3.8) is 0 Å². The van der Waals surface area contributed by atoms with Gasteiger partial charge < -0.3 is 9.13 Å². The molecule has 2 aromatic heterocycles. The quantitative estimate of drug-likeness (QED) is 0.178. The van der Waals surface area contributed by atoms with Crippen molar-refractivity contribution in [2.24, 2.45) is 0 Å². The highest BCUT2D eigenvalue weighted by molar-refractivity contribution is 6.12. The van der Waals surface area contributed by atoms with Crippen LogP contribution in [0.15, 0.2) is 103 Å². The van der Waals surface area contributed by atoms with Crippen LogP contribution in [-0.4, -0.2) is 9.13 Å². The average Bonchev–Trinajstić information content (AvgIpc) is 3.69.